The zero-order valence-electron chi connectivity index (χ0n) is 16.0. The van der Waals surface area contributed by atoms with Crippen LogP contribution in [0.2, 0.25) is 0 Å². The van der Waals surface area contributed by atoms with Crippen molar-refractivity contribution in [2.45, 2.75) is 25.3 Å². The van der Waals surface area contributed by atoms with Gasteiger partial charge in [0.05, 0.1) is 17.4 Å². The largest absolute Gasteiger partial charge is 0.355 e. The fraction of sp³-hybridized carbons (Fsp3) is 0.400. The molecule has 0 aliphatic carbocycles. The van der Waals surface area contributed by atoms with Crippen LogP contribution in [0.1, 0.15) is 18.7 Å². The summed E-state index contributed by atoms with van der Waals surface area (Å²) in [5.74, 6) is 2.09. The quantitative estimate of drug-likeness (QED) is 0.554. The topological polar surface area (TPSA) is 87.5 Å². The number of nitrogens with one attached hydrogen (secondary N) is 2. The summed E-state index contributed by atoms with van der Waals surface area (Å²) < 4.78 is 2.20. The third-order valence-electron chi connectivity index (χ3n) is 5.66. The smallest absolute Gasteiger partial charge is 0.182 e. The van der Waals surface area contributed by atoms with Crippen LogP contribution in [0, 0.1) is 0 Å². The number of nitrogens with zero attached hydrogens (tertiary/aromatic N) is 6. The molecule has 1 aliphatic rings. The van der Waals surface area contributed by atoms with Gasteiger partial charge in [0.15, 0.2) is 11.5 Å². The van der Waals surface area contributed by atoms with Crippen molar-refractivity contribution in [2.24, 2.45) is 7.05 Å². The van der Waals surface area contributed by atoms with Gasteiger partial charge in [-0.15, -0.1) is 0 Å². The molecule has 8 nitrogen and oxygen atoms in total. The highest BCUT2D eigenvalue weighted by molar-refractivity contribution is 5.82. The van der Waals surface area contributed by atoms with Gasteiger partial charge in [-0.05, 0) is 25.0 Å². The highest BCUT2D eigenvalue weighted by Crippen LogP contribution is 2.23. The van der Waals surface area contributed by atoms with Gasteiger partial charge < -0.3 is 19.8 Å². The predicted molar refractivity (Wildman–Crippen MR) is 109 cm³/mol. The molecule has 4 heterocycles. The van der Waals surface area contributed by atoms with Gasteiger partial charge >= 0.3 is 0 Å². The Hall–Kier alpha value is -3.00. The van der Waals surface area contributed by atoms with Crippen molar-refractivity contribution in [2.75, 3.05) is 24.5 Å². The maximum atomic E-state index is 4.76. The molecule has 0 radical (unpaired) electrons. The summed E-state index contributed by atoms with van der Waals surface area (Å²) >= 11 is 0. The molecule has 1 aromatic carbocycles. The Labute approximate surface area is 163 Å². The van der Waals surface area contributed by atoms with Crippen LogP contribution in [-0.4, -0.2) is 55.2 Å². The van der Waals surface area contributed by atoms with E-state index in [1.165, 1.54) is 5.52 Å². The summed E-state index contributed by atoms with van der Waals surface area (Å²) in [6, 6.07) is 8.84. The van der Waals surface area contributed by atoms with Crippen molar-refractivity contribution in [3.63, 3.8) is 0 Å². The van der Waals surface area contributed by atoms with E-state index in [0.29, 0.717) is 6.04 Å². The molecule has 5 rings (SSSR count). The number of para-hydroxylation sites is 2. The molecule has 144 valence electrons. The monoisotopic (exact) mass is 376 g/mol. The normalized spacial score (nSPS) is 15.7. The maximum Gasteiger partial charge on any atom is 0.182 e. The van der Waals surface area contributed by atoms with E-state index in [2.05, 4.69) is 60.0 Å². The van der Waals surface area contributed by atoms with Gasteiger partial charge in [-0.2, -0.15) is 0 Å². The van der Waals surface area contributed by atoms with Crippen LogP contribution in [0.5, 0.6) is 0 Å². The summed E-state index contributed by atoms with van der Waals surface area (Å²) in [6.45, 7) is 2.91. The Morgan fingerprint density at radius 2 is 2.00 bits per heavy atom. The lowest BCUT2D eigenvalue weighted by atomic mass is 10.0. The molecule has 1 saturated heterocycles. The Bertz CT molecular complexity index is 1090. The van der Waals surface area contributed by atoms with E-state index >= 15 is 0 Å². The number of fused-ring (bicyclic) bond motifs is 2. The fourth-order valence-corrected chi connectivity index (χ4v) is 4.09. The summed E-state index contributed by atoms with van der Waals surface area (Å²) in [5, 5.41) is 3.71. The molecule has 0 spiro atoms. The van der Waals surface area contributed by atoms with Gasteiger partial charge in [-0.3, -0.25) is 0 Å². The maximum absolute atomic E-state index is 4.76. The van der Waals surface area contributed by atoms with Crippen molar-refractivity contribution < 1.29 is 0 Å². The van der Waals surface area contributed by atoms with Crippen molar-refractivity contribution in [3.05, 3.63) is 42.7 Å². The average Bonchev–Trinajstić information content (AvgIpc) is 3.34. The van der Waals surface area contributed by atoms with Crippen molar-refractivity contribution in [3.8, 4) is 0 Å². The van der Waals surface area contributed by atoms with Crippen molar-refractivity contribution in [1.29, 1.82) is 0 Å². The Morgan fingerprint density at radius 3 is 2.86 bits per heavy atom. The lowest BCUT2D eigenvalue weighted by molar-refractivity contribution is 0.414. The predicted octanol–water partition coefficient (Wildman–Crippen LogP) is 2.04. The lowest BCUT2D eigenvalue weighted by Gasteiger charge is -2.33. The summed E-state index contributed by atoms with van der Waals surface area (Å²) in [5.41, 5.74) is 3.92. The minimum absolute atomic E-state index is 0.532. The van der Waals surface area contributed by atoms with Crippen LogP contribution >= 0.6 is 0 Å². The molecule has 0 saturated carbocycles. The molecule has 0 atom stereocenters. The SMILES string of the molecule is Cn1c(CCNC2CCN(c3ncnc4nc[nH]c34)CC2)nc2ccccc21. The second-order valence-electron chi connectivity index (χ2n) is 7.34. The Morgan fingerprint density at radius 1 is 1.14 bits per heavy atom. The molecule has 0 unspecified atom stereocenters. The molecular weight excluding hydrogens is 352 g/mol. The van der Waals surface area contributed by atoms with Crippen LogP contribution in [0.3, 0.4) is 0 Å². The van der Waals surface area contributed by atoms with E-state index in [1.807, 2.05) is 6.07 Å². The molecule has 3 aromatic heterocycles. The van der Waals surface area contributed by atoms with Crippen LogP contribution in [0.15, 0.2) is 36.9 Å². The standard InChI is InChI=1S/C20H24N8/c1-27-16-5-3-2-4-15(16)26-17(27)6-9-21-14-7-10-28(11-8-14)20-18-19(23-12-22-18)24-13-25-20/h2-5,12-14,21H,6-11H2,1H3,(H,22,23,24,25). The van der Waals surface area contributed by atoms with Crippen LogP contribution < -0.4 is 10.2 Å². The van der Waals surface area contributed by atoms with Gasteiger partial charge in [-0.25, -0.2) is 19.9 Å². The fourth-order valence-electron chi connectivity index (χ4n) is 4.09. The Balaban J connectivity index is 1.16. The van der Waals surface area contributed by atoms with Gasteiger partial charge in [0.1, 0.15) is 17.7 Å². The van der Waals surface area contributed by atoms with Crippen LogP contribution in [0.25, 0.3) is 22.2 Å². The molecule has 28 heavy (non-hydrogen) atoms. The first-order valence-electron chi connectivity index (χ1n) is 9.82. The van der Waals surface area contributed by atoms with E-state index in [4.69, 9.17) is 4.98 Å². The van der Waals surface area contributed by atoms with Crippen molar-refractivity contribution >= 4 is 28.0 Å². The second-order valence-corrected chi connectivity index (χ2v) is 7.34. The highest BCUT2D eigenvalue weighted by Gasteiger charge is 2.22. The molecule has 1 aliphatic heterocycles. The van der Waals surface area contributed by atoms with Crippen molar-refractivity contribution in [1.82, 2.24) is 34.8 Å². The highest BCUT2D eigenvalue weighted by atomic mass is 15.2. The second kappa shape index (κ2) is 7.20. The van der Waals surface area contributed by atoms with Crippen LogP contribution in [-0.2, 0) is 13.5 Å². The average molecular weight is 376 g/mol. The number of aryl methyl sites for hydroxylation is 1. The van der Waals surface area contributed by atoms with E-state index in [9.17, 15) is 0 Å². The minimum Gasteiger partial charge on any atom is -0.355 e. The third-order valence-corrected chi connectivity index (χ3v) is 5.66. The number of aromatic amines is 1. The number of imidazole rings is 2. The molecule has 2 N–H and O–H groups in total. The number of rotatable bonds is 5. The first-order valence-corrected chi connectivity index (χ1v) is 9.82. The van der Waals surface area contributed by atoms with E-state index in [-0.39, 0.29) is 0 Å². The zero-order chi connectivity index (χ0) is 18.9. The number of piperidine rings is 1. The van der Waals surface area contributed by atoms with E-state index in [0.717, 1.165) is 67.2 Å². The zero-order valence-corrected chi connectivity index (χ0v) is 16.0. The number of hydrogen-bond donors (Lipinski definition) is 2. The molecular formula is C20H24N8. The number of benzene rings is 1. The third kappa shape index (κ3) is 3.09. The van der Waals surface area contributed by atoms with Gasteiger partial charge in [0.25, 0.3) is 0 Å². The first-order chi connectivity index (χ1) is 13.8. The molecule has 4 aromatic rings. The van der Waals surface area contributed by atoms with Gasteiger partial charge in [0, 0.05) is 39.1 Å². The van der Waals surface area contributed by atoms with E-state index in [1.54, 1.807) is 12.7 Å². The molecule has 0 bridgehead atoms. The first kappa shape index (κ1) is 17.1. The molecule has 0 amide bonds. The summed E-state index contributed by atoms with van der Waals surface area (Å²) in [7, 11) is 2.10. The minimum atomic E-state index is 0.532. The lowest BCUT2D eigenvalue weighted by Crippen LogP contribution is -2.43. The van der Waals surface area contributed by atoms with Crippen LogP contribution in [0.4, 0.5) is 5.82 Å². The molecule has 8 heteroatoms. The van der Waals surface area contributed by atoms with E-state index < -0.39 is 0 Å². The van der Waals surface area contributed by atoms with Gasteiger partial charge in [0.2, 0.25) is 0 Å². The number of anilines is 1. The summed E-state index contributed by atoms with van der Waals surface area (Å²) in [4.78, 5) is 23.2. The number of aromatic nitrogens is 6. The van der Waals surface area contributed by atoms with Gasteiger partial charge in [-0.1, -0.05) is 12.1 Å². The summed E-state index contributed by atoms with van der Waals surface area (Å²) in [6.07, 6.45) is 6.41. The number of hydrogen-bond acceptors (Lipinski definition) is 6. The number of H-pyrrole nitrogens is 1. The Kier molecular flexibility index (Phi) is 4.40. The molecule has 1 fully saturated rings.